The number of esters is 2. The fourth-order valence-corrected chi connectivity index (χ4v) is 5.88. The van der Waals surface area contributed by atoms with Crippen LogP contribution in [-0.2, 0) is 19.1 Å². The van der Waals surface area contributed by atoms with E-state index >= 15 is 0 Å². The minimum atomic E-state index is -1.02. The van der Waals surface area contributed by atoms with Gasteiger partial charge in [-0.1, -0.05) is 37.6 Å². The Morgan fingerprint density at radius 1 is 1.33 bits per heavy atom. The van der Waals surface area contributed by atoms with Crippen LogP contribution in [0.5, 0.6) is 0 Å². The lowest BCUT2D eigenvalue weighted by molar-refractivity contribution is -0.211. The average molecular weight is 463 g/mol. The molecule has 2 aliphatic carbocycles. The summed E-state index contributed by atoms with van der Waals surface area (Å²) >= 11 is 0. The molecule has 2 aliphatic rings. The lowest BCUT2D eigenvalue weighted by Gasteiger charge is -2.61. The van der Waals surface area contributed by atoms with Crippen LogP contribution in [0.2, 0.25) is 0 Å². The number of hydrogen-bond acceptors (Lipinski definition) is 6. The lowest BCUT2D eigenvalue weighted by Crippen LogP contribution is -2.63. The van der Waals surface area contributed by atoms with Crippen LogP contribution in [0.3, 0.4) is 0 Å². The maximum Gasteiger partial charge on any atom is 0.333 e. The molecule has 6 atom stereocenters. The van der Waals surface area contributed by atoms with Gasteiger partial charge < -0.3 is 19.7 Å². The number of ether oxygens (including phenoxy) is 2. The van der Waals surface area contributed by atoms with Crippen molar-refractivity contribution in [3.8, 4) is 0 Å². The first kappa shape index (κ1) is 27.3. The molecule has 0 amide bonds. The molecular formula is C27H42O6. The van der Waals surface area contributed by atoms with Gasteiger partial charge in [0.1, 0.15) is 6.10 Å². The third-order valence-electron chi connectivity index (χ3n) is 8.14. The molecule has 186 valence electrons. The predicted octanol–water partition coefficient (Wildman–Crippen LogP) is 4.50. The molecule has 0 aromatic carbocycles. The van der Waals surface area contributed by atoms with Crippen molar-refractivity contribution in [2.75, 3.05) is 6.61 Å². The maximum absolute atomic E-state index is 12.6. The third kappa shape index (κ3) is 5.60. The van der Waals surface area contributed by atoms with Crippen LogP contribution >= 0.6 is 0 Å². The molecule has 1 fully saturated rings. The van der Waals surface area contributed by atoms with E-state index in [1.54, 1.807) is 32.9 Å². The summed E-state index contributed by atoms with van der Waals surface area (Å²) in [4.78, 5) is 24.5. The van der Waals surface area contributed by atoms with Crippen molar-refractivity contribution in [3.05, 3.63) is 36.0 Å². The Bertz CT molecular complexity index is 820. The summed E-state index contributed by atoms with van der Waals surface area (Å²) in [6.07, 6.45) is 6.11. The molecule has 6 heteroatoms. The quantitative estimate of drug-likeness (QED) is 0.313. The van der Waals surface area contributed by atoms with Gasteiger partial charge in [-0.2, -0.15) is 0 Å². The molecule has 6 nitrogen and oxygen atoms in total. The Morgan fingerprint density at radius 3 is 2.52 bits per heavy atom. The number of carbonyl (C=O) groups is 2. The Labute approximate surface area is 198 Å². The molecule has 0 unspecified atom stereocenters. The van der Waals surface area contributed by atoms with Crippen LogP contribution in [0, 0.1) is 22.7 Å². The SMILES string of the molecule is C=C[C@](C)(O)CC[C@H]1C(C)=CC[C@H]2C(C)(C)[C@H](O)[C@H](OC(=O)/C(C)=C\C)C[C@]12COC(C)=O. The molecule has 1 saturated carbocycles. The second-order valence-electron chi connectivity index (χ2n) is 10.8. The minimum Gasteiger partial charge on any atom is -0.465 e. The molecule has 0 saturated heterocycles. The van der Waals surface area contributed by atoms with Gasteiger partial charge in [0, 0.05) is 17.9 Å². The lowest BCUT2D eigenvalue weighted by atomic mass is 9.46. The number of aliphatic hydroxyl groups excluding tert-OH is 1. The fourth-order valence-electron chi connectivity index (χ4n) is 5.88. The summed E-state index contributed by atoms with van der Waals surface area (Å²) in [6.45, 7) is 16.6. The number of rotatable bonds is 8. The van der Waals surface area contributed by atoms with E-state index in [0.717, 1.165) is 6.42 Å². The molecule has 0 bridgehead atoms. The van der Waals surface area contributed by atoms with Gasteiger partial charge in [-0.3, -0.25) is 4.79 Å². The first-order valence-electron chi connectivity index (χ1n) is 11.9. The standard InChI is InChI=1S/C27H42O6/c1-9-17(3)24(30)33-21-15-27(16-32-19(5)28)20(13-14-26(8,31)10-2)18(4)11-12-22(27)25(6,7)23(21)29/h9-11,20-23,29,31H,2,12-16H2,1,3-8H3/b17-9-/t20-,21+,22-,23+,26-,27-/m0/s1. The van der Waals surface area contributed by atoms with Gasteiger partial charge >= 0.3 is 11.9 Å². The largest absolute Gasteiger partial charge is 0.465 e. The Balaban J connectivity index is 2.56. The Hall–Kier alpha value is -1.92. The van der Waals surface area contributed by atoms with Gasteiger partial charge in [-0.05, 0) is 70.6 Å². The summed E-state index contributed by atoms with van der Waals surface area (Å²) < 4.78 is 11.5. The monoisotopic (exact) mass is 462 g/mol. The number of allylic oxidation sites excluding steroid dienone is 3. The van der Waals surface area contributed by atoms with Crippen molar-refractivity contribution < 1.29 is 29.3 Å². The molecular weight excluding hydrogens is 420 g/mol. The Morgan fingerprint density at radius 2 is 1.97 bits per heavy atom. The van der Waals surface area contributed by atoms with Gasteiger partial charge in [0.25, 0.3) is 0 Å². The summed E-state index contributed by atoms with van der Waals surface area (Å²) in [7, 11) is 0. The van der Waals surface area contributed by atoms with Gasteiger partial charge in [-0.15, -0.1) is 6.58 Å². The highest BCUT2D eigenvalue weighted by molar-refractivity contribution is 5.87. The van der Waals surface area contributed by atoms with Gasteiger partial charge in [0.2, 0.25) is 0 Å². The van der Waals surface area contributed by atoms with Crippen LogP contribution in [0.15, 0.2) is 36.0 Å². The molecule has 2 N–H and O–H groups in total. The minimum absolute atomic E-state index is 0.000466. The summed E-state index contributed by atoms with van der Waals surface area (Å²) in [5.74, 6) is -0.834. The molecule has 0 aromatic heterocycles. The molecule has 0 spiro atoms. The van der Waals surface area contributed by atoms with E-state index in [-0.39, 0.29) is 24.4 Å². The average Bonchev–Trinajstić information content (AvgIpc) is 2.74. The number of carbonyl (C=O) groups excluding carboxylic acids is 2. The van der Waals surface area contributed by atoms with Gasteiger partial charge in [0.15, 0.2) is 0 Å². The zero-order valence-corrected chi connectivity index (χ0v) is 21.3. The topological polar surface area (TPSA) is 93.1 Å². The molecule has 33 heavy (non-hydrogen) atoms. The van der Waals surface area contributed by atoms with E-state index in [1.807, 2.05) is 13.8 Å². The molecule has 0 radical (unpaired) electrons. The molecule has 0 aliphatic heterocycles. The molecule has 0 heterocycles. The number of aliphatic hydroxyl groups is 2. The van der Waals surface area contributed by atoms with Crippen LogP contribution in [0.25, 0.3) is 0 Å². The van der Waals surface area contributed by atoms with Crippen LogP contribution < -0.4 is 0 Å². The van der Waals surface area contributed by atoms with Crippen molar-refractivity contribution >= 4 is 11.9 Å². The number of hydrogen-bond donors (Lipinski definition) is 2. The van der Waals surface area contributed by atoms with Crippen molar-refractivity contribution in [2.24, 2.45) is 22.7 Å². The van der Waals surface area contributed by atoms with Crippen LogP contribution in [-0.4, -0.2) is 46.6 Å². The summed E-state index contributed by atoms with van der Waals surface area (Å²) in [5.41, 5.74) is -0.508. The third-order valence-corrected chi connectivity index (χ3v) is 8.14. The highest BCUT2D eigenvalue weighted by atomic mass is 16.6. The molecule has 2 rings (SSSR count). The number of fused-ring (bicyclic) bond motifs is 1. The van der Waals surface area contributed by atoms with Crippen molar-refractivity contribution in [1.82, 2.24) is 0 Å². The van der Waals surface area contributed by atoms with E-state index in [0.29, 0.717) is 24.8 Å². The normalized spacial score (nSPS) is 33.2. The zero-order chi connectivity index (χ0) is 25.2. The van der Waals surface area contributed by atoms with E-state index in [4.69, 9.17) is 9.47 Å². The highest BCUT2D eigenvalue weighted by Gasteiger charge is 2.62. The summed E-state index contributed by atoms with van der Waals surface area (Å²) in [5, 5.41) is 21.9. The maximum atomic E-state index is 12.6. The van der Waals surface area contributed by atoms with Crippen molar-refractivity contribution in [3.63, 3.8) is 0 Å². The zero-order valence-electron chi connectivity index (χ0n) is 21.3. The fraction of sp³-hybridized carbons (Fsp3) is 0.704. The smallest absolute Gasteiger partial charge is 0.333 e. The van der Waals surface area contributed by atoms with Gasteiger partial charge in [0.05, 0.1) is 18.3 Å². The Kier molecular flexibility index (Phi) is 8.40. The van der Waals surface area contributed by atoms with E-state index in [2.05, 4.69) is 19.6 Å². The van der Waals surface area contributed by atoms with Crippen LogP contribution in [0.4, 0.5) is 0 Å². The predicted molar refractivity (Wildman–Crippen MR) is 128 cm³/mol. The van der Waals surface area contributed by atoms with E-state index in [1.165, 1.54) is 12.5 Å². The highest BCUT2D eigenvalue weighted by Crippen LogP contribution is 2.61. The van der Waals surface area contributed by atoms with E-state index < -0.39 is 34.6 Å². The van der Waals surface area contributed by atoms with Gasteiger partial charge in [-0.25, -0.2) is 4.79 Å². The van der Waals surface area contributed by atoms with Crippen molar-refractivity contribution in [2.45, 2.75) is 92.0 Å². The first-order valence-corrected chi connectivity index (χ1v) is 11.9. The van der Waals surface area contributed by atoms with Crippen LogP contribution in [0.1, 0.15) is 74.1 Å². The molecule has 0 aromatic rings. The second kappa shape index (κ2) is 10.1. The van der Waals surface area contributed by atoms with Crippen molar-refractivity contribution in [1.29, 1.82) is 0 Å². The first-order chi connectivity index (χ1) is 15.2. The van der Waals surface area contributed by atoms with E-state index in [9.17, 15) is 19.8 Å². The summed E-state index contributed by atoms with van der Waals surface area (Å²) in [6, 6.07) is 0. The second-order valence-corrected chi connectivity index (χ2v) is 10.8.